The largest absolute Gasteiger partial charge is 0.347 e. The van der Waals surface area contributed by atoms with Gasteiger partial charge >= 0.3 is 0 Å². The molecule has 0 saturated carbocycles. The van der Waals surface area contributed by atoms with E-state index in [1.807, 2.05) is 36.4 Å². The van der Waals surface area contributed by atoms with E-state index >= 15 is 0 Å². The summed E-state index contributed by atoms with van der Waals surface area (Å²) >= 11 is 0. The van der Waals surface area contributed by atoms with Crippen molar-refractivity contribution in [3.63, 3.8) is 0 Å². The van der Waals surface area contributed by atoms with Gasteiger partial charge in [0.1, 0.15) is 0 Å². The van der Waals surface area contributed by atoms with E-state index < -0.39 is 8.38 Å². The molecule has 66 valence electrons. The van der Waals surface area contributed by atoms with Crippen LogP contribution in [0.4, 0.5) is 0 Å². The first-order chi connectivity index (χ1) is 6.29. The van der Waals surface area contributed by atoms with E-state index in [0.717, 1.165) is 10.8 Å². The van der Waals surface area contributed by atoms with Gasteiger partial charge in [-0.05, 0) is 16.8 Å². The molecule has 0 radical (unpaired) electrons. The minimum Gasteiger partial charge on any atom is -0.347 e. The number of rotatable bonds is 1. The van der Waals surface area contributed by atoms with Gasteiger partial charge < -0.3 is 9.79 Å². The molecule has 0 aliphatic carbocycles. The van der Waals surface area contributed by atoms with Crippen molar-refractivity contribution in [1.82, 2.24) is 0 Å². The SMILES string of the molecule is OP(O)c1cccc2ccccc12. The third kappa shape index (κ3) is 1.56. The van der Waals surface area contributed by atoms with E-state index in [4.69, 9.17) is 9.79 Å². The Morgan fingerprint density at radius 1 is 0.846 bits per heavy atom. The molecule has 13 heavy (non-hydrogen) atoms. The molecule has 2 aromatic rings. The van der Waals surface area contributed by atoms with Crippen molar-refractivity contribution in [3.05, 3.63) is 42.5 Å². The average Bonchev–Trinajstić information content (AvgIpc) is 2.17. The molecule has 0 atom stereocenters. The normalized spacial score (nSPS) is 11.0. The van der Waals surface area contributed by atoms with Crippen molar-refractivity contribution in [3.8, 4) is 0 Å². The van der Waals surface area contributed by atoms with Gasteiger partial charge in [-0.15, -0.1) is 0 Å². The lowest BCUT2D eigenvalue weighted by atomic mass is 10.1. The summed E-state index contributed by atoms with van der Waals surface area (Å²) in [7, 11) is -2.00. The third-order valence-corrected chi connectivity index (χ3v) is 2.80. The molecule has 2 nitrogen and oxygen atoms in total. The first kappa shape index (κ1) is 8.64. The van der Waals surface area contributed by atoms with Gasteiger partial charge in [0.2, 0.25) is 0 Å². The number of hydrogen-bond donors (Lipinski definition) is 2. The predicted octanol–water partition coefficient (Wildman–Crippen LogP) is 1.76. The maximum atomic E-state index is 9.14. The second kappa shape index (κ2) is 3.43. The summed E-state index contributed by atoms with van der Waals surface area (Å²) in [5.74, 6) is 0. The number of fused-ring (bicyclic) bond motifs is 1. The van der Waals surface area contributed by atoms with Crippen molar-refractivity contribution >= 4 is 24.5 Å². The Balaban J connectivity index is 2.76. The molecule has 2 N–H and O–H groups in total. The van der Waals surface area contributed by atoms with E-state index in [2.05, 4.69) is 0 Å². The molecule has 0 spiro atoms. The first-order valence-corrected chi connectivity index (χ1v) is 5.19. The Kier molecular flexibility index (Phi) is 2.28. The van der Waals surface area contributed by atoms with Crippen LogP contribution < -0.4 is 5.30 Å². The zero-order valence-electron chi connectivity index (χ0n) is 6.88. The quantitative estimate of drug-likeness (QED) is 0.676. The van der Waals surface area contributed by atoms with E-state index in [1.54, 1.807) is 6.07 Å². The maximum absolute atomic E-state index is 9.14. The summed E-state index contributed by atoms with van der Waals surface area (Å²) in [6.07, 6.45) is 0. The van der Waals surface area contributed by atoms with Crippen LogP contribution in [0.2, 0.25) is 0 Å². The second-order valence-electron chi connectivity index (χ2n) is 2.79. The molecule has 0 aromatic heterocycles. The van der Waals surface area contributed by atoms with Gasteiger partial charge in [0, 0.05) is 5.30 Å². The fraction of sp³-hybridized carbons (Fsp3) is 0. The van der Waals surface area contributed by atoms with E-state index in [0.29, 0.717) is 5.30 Å². The molecule has 2 rings (SSSR count). The summed E-state index contributed by atoms with van der Waals surface area (Å²) in [5, 5.41) is 2.57. The lowest BCUT2D eigenvalue weighted by Gasteiger charge is -2.06. The number of benzene rings is 2. The highest BCUT2D eigenvalue weighted by Crippen LogP contribution is 2.26. The summed E-state index contributed by atoms with van der Waals surface area (Å²) in [6.45, 7) is 0. The molecule has 0 saturated heterocycles. The topological polar surface area (TPSA) is 40.5 Å². The molecule has 2 aromatic carbocycles. The lowest BCUT2D eigenvalue weighted by Crippen LogP contribution is -2.00. The molecular formula is C10H9O2P. The summed E-state index contributed by atoms with van der Waals surface area (Å²) < 4.78 is 0. The highest BCUT2D eigenvalue weighted by atomic mass is 31.2. The third-order valence-electron chi connectivity index (χ3n) is 1.98. The lowest BCUT2D eigenvalue weighted by molar-refractivity contribution is 0.497. The van der Waals surface area contributed by atoms with Crippen LogP contribution in [0.5, 0.6) is 0 Å². The van der Waals surface area contributed by atoms with Gasteiger partial charge in [0.05, 0.1) is 0 Å². The van der Waals surface area contributed by atoms with Crippen LogP contribution >= 0.6 is 8.38 Å². The van der Waals surface area contributed by atoms with Crippen LogP contribution in [0.3, 0.4) is 0 Å². The first-order valence-electron chi connectivity index (χ1n) is 3.94. The highest BCUT2D eigenvalue weighted by molar-refractivity contribution is 7.54. The monoisotopic (exact) mass is 192 g/mol. The van der Waals surface area contributed by atoms with E-state index in [-0.39, 0.29) is 0 Å². The fourth-order valence-electron chi connectivity index (χ4n) is 1.38. The van der Waals surface area contributed by atoms with Crippen molar-refractivity contribution in [1.29, 1.82) is 0 Å². The zero-order chi connectivity index (χ0) is 9.26. The van der Waals surface area contributed by atoms with Gasteiger partial charge in [0.25, 0.3) is 0 Å². The molecule has 0 fully saturated rings. The minimum absolute atomic E-state index is 0.619. The minimum atomic E-state index is -2.00. The Morgan fingerprint density at radius 2 is 1.54 bits per heavy atom. The Morgan fingerprint density at radius 3 is 2.31 bits per heavy atom. The van der Waals surface area contributed by atoms with Crippen LogP contribution in [0.15, 0.2) is 42.5 Å². The maximum Gasteiger partial charge on any atom is 0.200 e. The molecule has 0 aliphatic rings. The van der Waals surface area contributed by atoms with Crippen molar-refractivity contribution in [2.75, 3.05) is 0 Å². The van der Waals surface area contributed by atoms with Crippen molar-refractivity contribution < 1.29 is 9.79 Å². The average molecular weight is 192 g/mol. The van der Waals surface area contributed by atoms with Crippen molar-refractivity contribution in [2.45, 2.75) is 0 Å². The number of hydrogen-bond acceptors (Lipinski definition) is 2. The summed E-state index contributed by atoms with van der Waals surface area (Å²) in [5.41, 5.74) is 0. The Hall–Kier alpha value is -0.950. The standard InChI is InChI=1S/C10H9O2P/c11-13(12)10-7-3-5-8-4-1-2-6-9(8)10/h1-7,11-12H. The van der Waals surface area contributed by atoms with Gasteiger partial charge in [-0.25, -0.2) is 0 Å². The Labute approximate surface area is 77.4 Å². The molecular weight excluding hydrogens is 183 g/mol. The van der Waals surface area contributed by atoms with Gasteiger partial charge in [-0.3, -0.25) is 0 Å². The van der Waals surface area contributed by atoms with Crippen LogP contribution in [-0.2, 0) is 0 Å². The molecule has 0 unspecified atom stereocenters. The molecule has 0 amide bonds. The van der Waals surface area contributed by atoms with E-state index in [9.17, 15) is 0 Å². The molecule has 0 heterocycles. The van der Waals surface area contributed by atoms with Gasteiger partial charge in [0.15, 0.2) is 8.38 Å². The highest BCUT2D eigenvalue weighted by Gasteiger charge is 2.06. The van der Waals surface area contributed by atoms with Gasteiger partial charge in [-0.2, -0.15) is 0 Å². The summed E-state index contributed by atoms with van der Waals surface area (Å²) in [4.78, 5) is 18.3. The zero-order valence-corrected chi connectivity index (χ0v) is 7.78. The second-order valence-corrected chi connectivity index (χ2v) is 3.85. The molecule has 3 heteroatoms. The molecule has 0 bridgehead atoms. The van der Waals surface area contributed by atoms with Crippen LogP contribution in [0, 0.1) is 0 Å². The van der Waals surface area contributed by atoms with Crippen LogP contribution in [-0.4, -0.2) is 9.79 Å². The van der Waals surface area contributed by atoms with E-state index in [1.165, 1.54) is 0 Å². The van der Waals surface area contributed by atoms with Crippen LogP contribution in [0.1, 0.15) is 0 Å². The fourth-order valence-corrected chi connectivity index (χ4v) is 2.02. The smallest absolute Gasteiger partial charge is 0.200 e. The van der Waals surface area contributed by atoms with Crippen molar-refractivity contribution in [2.24, 2.45) is 0 Å². The molecule has 0 aliphatic heterocycles. The summed E-state index contributed by atoms with van der Waals surface area (Å²) in [6, 6.07) is 13.2. The Bertz CT molecular complexity index is 421. The van der Waals surface area contributed by atoms with Crippen LogP contribution in [0.25, 0.3) is 10.8 Å². The predicted molar refractivity (Wildman–Crippen MR) is 54.9 cm³/mol. The van der Waals surface area contributed by atoms with Gasteiger partial charge in [-0.1, -0.05) is 36.4 Å².